The number of aliphatic imine (C=N–C) groups is 1. The second kappa shape index (κ2) is 11.4. The third-order valence-electron chi connectivity index (χ3n) is 5.74. The lowest BCUT2D eigenvalue weighted by atomic mass is 9.99. The van der Waals surface area contributed by atoms with Gasteiger partial charge < -0.3 is 24.1 Å². The average Bonchev–Trinajstić information content (AvgIpc) is 3.30. The molecule has 0 bridgehead atoms. The molecule has 0 saturated heterocycles. The van der Waals surface area contributed by atoms with Gasteiger partial charge in [0.05, 0.1) is 19.9 Å². The van der Waals surface area contributed by atoms with E-state index in [1.54, 1.807) is 20.5 Å². The molecule has 1 aliphatic rings. The van der Waals surface area contributed by atoms with Crippen LogP contribution in [0.2, 0.25) is 0 Å². The minimum Gasteiger partial charge on any atom is -0.493 e. The van der Waals surface area contributed by atoms with Crippen molar-refractivity contribution in [2.45, 2.75) is 26.3 Å². The highest BCUT2D eigenvalue weighted by atomic mass is 127. The number of hydrogen-bond donors (Lipinski definition) is 1. The van der Waals surface area contributed by atoms with Gasteiger partial charge in [0.25, 0.3) is 0 Å². The van der Waals surface area contributed by atoms with Gasteiger partial charge in [0, 0.05) is 38.7 Å². The first kappa shape index (κ1) is 24.9. The SMILES string of the molecule is CN=C(NCCc1coc(-c2ccc(C)cc2)n1)N1CCc2cc(OC)c(OC)cc2C1.I. The van der Waals surface area contributed by atoms with Crippen molar-refractivity contribution in [2.24, 2.45) is 4.99 Å². The van der Waals surface area contributed by atoms with Crippen LogP contribution in [0.3, 0.4) is 0 Å². The number of ether oxygens (including phenoxy) is 2. The molecule has 0 atom stereocenters. The molecule has 2 aromatic carbocycles. The number of guanidine groups is 1. The molecule has 0 fully saturated rings. The van der Waals surface area contributed by atoms with Crippen molar-refractivity contribution in [2.75, 3.05) is 34.4 Å². The van der Waals surface area contributed by atoms with Crippen molar-refractivity contribution in [3.8, 4) is 23.0 Å². The van der Waals surface area contributed by atoms with Gasteiger partial charge in [-0.05, 0) is 48.7 Å². The van der Waals surface area contributed by atoms with Gasteiger partial charge in [0.15, 0.2) is 17.5 Å². The summed E-state index contributed by atoms with van der Waals surface area (Å²) in [6.45, 7) is 4.46. The van der Waals surface area contributed by atoms with Crippen molar-refractivity contribution in [3.05, 3.63) is 65.0 Å². The lowest BCUT2D eigenvalue weighted by Gasteiger charge is -2.32. The fourth-order valence-electron chi connectivity index (χ4n) is 3.95. The first-order valence-corrected chi connectivity index (χ1v) is 10.8. The Kier molecular flexibility index (Phi) is 8.60. The predicted molar refractivity (Wildman–Crippen MR) is 141 cm³/mol. The third-order valence-corrected chi connectivity index (χ3v) is 5.74. The molecule has 0 unspecified atom stereocenters. The lowest BCUT2D eigenvalue weighted by Crippen LogP contribution is -2.44. The Balaban J connectivity index is 0.00000306. The maximum atomic E-state index is 5.67. The summed E-state index contributed by atoms with van der Waals surface area (Å²) in [6, 6.07) is 12.3. The fourth-order valence-corrected chi connectivity index (χ4v) is 3.95. The molecule has 0 spiro atoms. The van der Waals surface area contributed by atoms with Gasteiger partial charge >= 0.3 is 0 Å². The number of halogens is 1. The smallest absolute Gasteiger partial charge is 0.226 e. The van der Waals surface area contributed by atoms with Crippen LogP contribution in [0.5, 0.6) is 11.5 Å². The van der Waals surface area contributed by atoms with Gasteiger partial charge in [-0.15, -0.1) is 24.0 Å². The number of fused-ring (bicyclic) bond motifs is 1. The van der Waals surface area contributed by atoms with Crippen LogP contribution in [0.25, 0.3) is 11.5 Å². The second-order valence-corrected chi connectivity index (χ2v) is 7.88. The van der Waals surface area contributed by atoms with Crippen molar-refractivity contribution in [1.29, 1.82) is 0 Å². The summed E-state index contributed by atoms with van der Waals surface area (Å²) in [5, 5.41) is 3.46. The Morgan fingerprint density at radius 1 is 1.12 bits per heavy atom. The van der Waals surface area contributed by atoms with E-state index in [-0.39, 0.29) is 24.0 Å². The first-order chi connectivity index (χ1) is 15.6. The van der Waals surface area contributed by atoms with E-state index >= 15 is 0 Å². The molecular formula is C25H31IN4O3. The molecule has 176 valence electrons. The van der Waals surface area contributed by atoms with Gasteiger partial charge in [-0.2, -0.15) is 0 Å². The van der Waals surface area contributed by atoms with E-state index in [1.165, 1.54) is 16.7 Å². The molecule has 0 saturated carbocycles. The van der Waals surface area contributed by atoms with Crippen LogP contribution in [0, 0.1) is 6.92 Å². The highest BCUT2D eigenvalue weighted by molar-refractivity contribution is 14.0. The van der Waals surface area contributed by atoms with Crippen LogP contribution < -0.4 is 14.8 Å². The first-order valence-electron chi connectivity index (χ1n) is 10.8. The summed E-state index contributed by atoms with van der Waals surface area (Å²) in [5.74, 6) is 3.07. The zero-order valence-electron chi connectivity index (χ0n) is 19.6. The second-order valence-electron chi connectivity index (χ2n) is 7.88. The Morgan fingerprint density at radius 3 is 2.48 bits per heavy atom. The topological polar surface area (TPSA) is 72.1 Å². The van der Waals surface area contributed by atoms with E-state index in [4.69, 9.17) is 13.9 Å². The number of oxazole rings is 1. The molecule has 0 amide bonds. The minimum absolute atomic E-state index is 0. The molecular weight excluding hydrogens is 531 g/mol. The standard InChI is InChI=1S/C25H30N4O3.HI/c1-17-5-7-18(8-6-17)24-28-21(16-32-24)9-11-27-25(26-2)29-12-10-19-13-22(30-3)23(31-4)14-20(19)15-29;/h5-8,13-14,16H,9-12,15H2,1-4H3,(H,26,27);1H. The van der Waals surface area contributed by atoms with Gasteiger partial charge in [-0.25, -0.2) is 4.98 Å². The van der Waals surface area contributed by atoms with Crippen molar-refractivity contribution < 1.29 is 13.9 Å². The Labute approximate surface area is 212 Å². The maximum absolute atomic E-state index is 5.67. The van der Waals surface area contributed by atoms with Crippen LogP contribution in [0.15, 0.2) is 52.1 Å². The monoisotopic (exact) mass is 562 g/mol. The summed E-state index contributed by atoms with van der Waals surface area (Å²) >= 11 is 0. The molecule has 3 aromatic rings. The minimum atomic E-state index is 0. The molecule has 1 aliphatic heterocycles. The summed E-state index contributed by atoms with van der Waals surface area (Å²) < 4.78 is 16.6. The molecule has 7 nitrogen and oxygen atoms in total. The Morgan fingerprint density at radius 2 is 1.82 bits per heavy atom. The Hall–Kier alpha value is -2.75. The number of nitrogens with zero attached hydrogens (tertiary/aromatic N) is 3. The zero-order valence-corrected chi connectivity index (χ0v) is 21.9. The third kappa shape index (κ3) is 5.79. The maximum Gasteiger partial charge on any atom is 0.226 e. The van der Waals surface area contributed by atoms with E-state index < -0.39 is 0 Å². The molecule has 1 aromatic heterocycles. The van der Waals surface area contributed by atoms with E-state index in [0.29, 0.717) is 5.89 Å². The quantitative estimate of drug-likeness (QED) is 0.272. The average molecular weight is 562 g/mol. The molecule has 0 radical (unpaired) electrons. The number of nitrogens with one attached hydrogen (secondary N) is 1. The van der Waals surface area contributed by atoms with Gasteiger partial charge in [0.2, 0.25) is 5.89 Å². The van der Waals surface area contributed by atoms with Crippen molar-refractivity contribution in [3.63, 3.8) is 0 Å². The van der Waals surface area contributed by atoms with E-state index in [9.17, 15) is 0 Å². The number of benzene rings is 2. The van der Waals surface area contributed by atoms with E-state index in [2.05, 4.69) is 51.4 Å². The number of aryl methyl sites for hydroxylation is 1. The number of methoxy groups -OCH3 is 2. The van der Waals surface area contributed by atoms with Crippen LogP contribution in [-0.4, -0.2) is 50.2 Å². The van der Waals surface area contributed by atoms with Gasteiger partial charge in [-0.1, -0.05) is 17.7 Å². The van der Waals surface area contributed by atoms with Gasteiger partial charge in [-0.3, -0.25) is 4.99 Å². The van der Waals surface area contributed by atoms with Gasteiger partial charge in [0.1, 0.15) is 6.26 Å². The van der Waals surface area contributed by atoms with Crippen molar-refractivity contribution >= 4 is 29.9 Å². The number of hydrogen-bond acceptors (Lipinski definition) is 5. The van der Waals surface area contributed by atoms with E-state index in [0.717, 1.165) is 61.2 Å². The molecule has 0 aliphatic carbocycles. The largest absolute Gasteiger partial charge is 0.493 e. The predicted octanol–water partition coefficient (Wildman–Crippen LogP) is 4.46. The molecule has 4 rings (SSSR count). The molecule has 33 heavy (non-hydrogen) atoms. The number of aromatic nitrogens is 1. The van der Waals surface area contributed by atoms with Crippen LogP contribution >= 0.6 is 24.0 Å². The molecule has 8 heteroatoms. The highest BCUT2D eigenvalue weighted by Crippen LogP contribution is 2.33. The summed E-state index contributed by atoms with van der Waals surface area (Å²) in [6.07, 6.45) is 3.42. The number of rotatable bonds is 6. The molecule has 2 heterocycles. The van der Waals surface area contributed by atoms with Crippen LogP contribution in [-0.2, 0) is 19.4 Å². The summed E-state index contributed by atoms with van der Waals surface area (Å²) in [7, 11) is 5.15. The summed E-state index contributed by atoms with van der Waals surface area (Å²) in [4.78, 5) is 11.4. The zero-order chi connectivity index (χ0) is 22.5. The lowest BCUT2D eigenvalue weighted by molar-refractivity contribution is 0.346. The van der Waals surface area contributed by atoms with Crippen LogP contribution in [0.1, 0.15) is 22.4 Å². The van der Waals surface area contributed by atoms with Crippen LogP contribution in [0.4, 0.5) is 0 Å². The fraction of sp³-hybridized carbons (Fsp3) is 0.360. The normalized spacial score (nSPS) is 13.2. The van der Waals surface area contributed by atoms with E-state index in [1.807, 2.05) is 19.2 Å². The molecule has 1 N–H and O–H groups in total. The highest BCUT2D eigenvalue weighted by Gasteiger charge is 2.21. The van der Waals surface area contributed by atoms with Crippen molar-refractivity contribution in [1.82, 2.24) is 15.2 Å². The Bertz CT molecular complexity index is 1100. The summed E-state index contributed by atoms with van der Waals surface area (Å²) in [5.41, 5.74) is 5.65.